The molecule has 1 aliphatic heterocycles. The van der Waals surface area contributed by atoms with Crippen molar-refractivity contribution in [2.45, 2.75) is 19.3 Å². The van der Waals surface area contributed by atoms with Gasteiger partial charge < -0.3 is 15.1 Å². The highest BCUT2D eigenvalue weighted by Crippen LogP contribution is 2.48. The second kappa shape index (κ2) is 6.07. The van der Waals surface area contributed by atoms with E-state index in [1.165, 1.54) is 24.8 Å². The van der Waals surface area contributed by atoms with Crippen molar-refractivity contribution in [2.24, 2.45) is 11.3 Å². The molecule has 2 aromatic heterocycles. The number of hydrogen-bond acceptors (Lipinski definition) is 6. The first-order valence-electron chi connectivity index (χ1n) is 8.50. The van der Waals surface area contributed by atoms with Crippen LogP contribution in [0, 0.1) is 11.3 Å². The van der Waals surface area contributed by atoms with E-state index in [9.17, 15) is 9.90 Å². The molecule has 130 valence electrons. The Balaban J connectivity index is 1.63. The minimum atomic E-state index is -0.991. The molecule has 2 aliphatic rings. The van der Waals surface area contributed by atoms with Crippen LogP contribution in [-0.4, -0.2) is 50.8 Å². The van der Waals surface area contributed by atoms with Gasteiger partial charge in [-0.15, -0.1) is 0 Å². The summed E-state index contributed by atoms with van der Waals surface area (Å²) in [5, 5.41) is 19.0. The first kappa shape index (κ1) is 16.0. The van der Waals surface area contributed by atoms with Crippen LogP contribution in [-0.2, 0) is 0 Å². The zero-order chi connectivity index (χ0) is 17.4. The number of anilines is 1. The number of aliphatic hydroxyl groups excluding tert-OH is 1. The van der Waals surface area contributed by atoms with Gasteiger partial charge in [-0.05, 0) is 37.0 Å². The first-order valence-corrected chi connectivity index (χ1v) is 8.50. The Morgan fingerprint density at radius 2 is 2.12 bits per heavy atom. The van der Waals surface area contributed by atoms with Crippen molar-refractivity contribution in [3.05, 3.63) is 36.2 Å². The minimum Gasteiger partial charge on any atom is -0.478 e. The van der Waals surface area contributed by atoms with Gasteiger partial charge >= 0.3 is 5.97 Å². The largest absolute Gasteiger partial charge is 0.478 e. The van der Waals surface area contributed by atoms with Gasteiger partial charge in [0.25, 0.3) is 0 Å². The lowest BCUT2D eigenvalue weighted by Gasteiger charge is -2.25. The summed E-state index contributed by atoms with van der Waals surface area (Å²) >= 11 is 0. The number of fused-ring (bicyclic) bond motifs is 1. The minimum absolute atomic E-state index is 0.0269. The number of aromatic nitrogens is 3. The van der Waals surface area contributed by atoms with Crippen LogP contribution in [0.5, 0.6) is 0 Å². The van der Waals surface area contributed by atoms with Gasteiger partial charge in [0.05, 0.1) is 23.6 Å². The van der Waals surface area contributed by atoms with Crippen LogP contribution in [0.2, 0.25) is 0 Å². The quantitative estimate of drug-likeness (QED) is 0.876. The summed E-state index contributed by atoms with van der Waals surface area (Å²) < 4.78 is 0. The van der Waals surface area contributed by atoms with E-state index in [0.29, 0.717) is 23.3 Å². The van der Waals surface area contributed by atoms with Crippen LogP contribution >= 0.6 is 0 Å². The number of carboxylic acid groups (broad SMARTS) is 1. The highest BCUT2D eigenvalue weighted by atomic mass is 16.4. The van der Waals surface area contributed by atoms with Crippen LogP contribution in [0.15, 0.2) is 30.6 Å². The van der Waals surface area contributed by atoms with Crippen molar-refractivity contribution in [1.82, 2.24) is 15.0 Å². The topological polar surface area (TPSA) is 99.4 Å². The molecule has 25 heavy (non-hydrogen) atoms. The van der Waals surface area contributed by atoms with E-state index in [1.54, 1.807) is 12.3 Å². The fourth-order valence-corrected chi connectivity index (χ4v) is 4.17. The Morgan fingerprint density at radius 1 is 1.28 bits per heavy atom. The molecule has 2 fully saturated rings. The lowest BCUT2D eigenvalue weighted by Crippen LogP contribution is -2.31. The van der Waals surface area contributed by atoms with Crippen LogP contribution in [0.3, 0.4) is 0 Å². The van der Waals surface area contributed by atoms with E-state index >= 15 is 0 Å². The van der Waals surface area contributed by atoms with Crippen molar-refractivity contribution in [3.63, 3.8) is 0 Å². The molecule has 1 saturated heterocycles. The van der Waals surface area contributed by atoms with Crippen LogP contribution in [0.1, 0.15) is 29.6 Å². The molecule has 1 saturated carbocycles. The predicted molar refractivity (Wildman–Crippen MR) is 91.3 cm³/mol. The summed E-state index contributed by atoms with van der Waals surface area (Å²) in [6, 6.07) is 4.71. The second-order valence-electron chi connectivity index (χ2n) is 6.97. The number of nitrogens with zero attached hydrogens (tertiary/aromatic N) is 4. The number of aromatic carboxylic acids is 1. The lowest BCUT2D eigenvalue weighted by atomic mass is 9.82. The van der Waals surface area contributed by atoms with E-state index in [1.807, 2.05) is 0 Å². The predicted octanol–water partition coefficient (Wildman–Crippen LogP) is 1.84. The van der Waals surface area contributed by atoms with Crippen molar-refractivity contribution in [2.75, 3.05) is 24.6 Å². The SMILES string of the molecule is O=C(O)c1ccnc(-c2ccnc(N3C[C@H]4CCC[C@@]4(CO)C3)n2)c1. The van der Waals surface area contributed by atoms with Crippen LogP contribution in [0.25, 0.3) is 11.4 Å². The standard InChI is InChI=1S/C18H20N4O3/c23-11-18-5-1-2-13(18)9-22(10-18)17-20-7-4-14(21-17)15-8-12(16(24)25)3-6-19-15/h3-4,6-8,13,23H,1-2,5,9-11H2,(H,24,25)/t13-,18+/m1/s1. The average Bonchev–Trinajstić information content (AvgIpc) is 3.19. The summed E-state index contributed by atoms with van der Waals surface area (Å²) in [4.78, 5) is 26.5. The van der Waals surface area contributed by atoms with Gasteiger partial charge in [-0.1, -0.05) is 6.42 Å². The summed E-state index contributed by atoms with van der Waals surface area (Å²) in [7, 11) is 0. The normalized spacial score (nSPS) is 25.2. The molecule has 0 amide bonds. The van der Waals surface area contributed by atoms with E-state index in [0.717, 1.165) is 25.9 Å². The molecule has 0 aromatic carbocycles. The molecule has 3 heterocycles. The molecule has 2 aromatic rings. The number of carbonyl (C=O) groups is 1. The highest BCUT2D eigenvalue weighted by molar-refractivity contribution is 5.88. The Hall–Kier alpha value is -2.54. The number of aliphatic hydroxyl groups is 1. The molecule has 2 atom stereocenters. The van der Waals surface area contributed by atoms with E-state index in [-0.39, 0.29) is 17.6 Å². The zero-order valence-corrected chi connectivity index (χ0v) is 13.8. The fraction of sp³-hybridized carbons (Fsp3) is 0.444. The Morgan fingerprint density at radius 3 is 2.88 bits per heavy atom. The molecule has 7 heteroatoms. The summed E-state index contributed by atoms with van der Waals surface area (Å²) in [5.74, 6) is 0.107. The van der Waals surface area contributed by atoms with E-state index in [2.05, 4.69) is 19.9 Å². The first-order chi connectivity index (χ1) is 12.1. The molecule has 7 nitrogen and oxygen atoms in total. The number of carboxylic acids is 1. The molecule has 0 radical (unpaired) electrons. The highest BCUT2D eigenvalue weighted by Gasteiger charge is 2.49. The maximum atomic E-state index is 11.1. The van der Waals surface area contributed by atoms with Gasteiger partial charge in [-0.25, -0.2) is 14.8 Å². The summed E-state index contributed by atoms with van der Waals surface area (Å²) in [5.41, 5.74) is 1.27. The van der Waals surface area contributed by atoms with Crippen molar-refractivity contribution in [1.29, 1.82) is 0 Å². The average molecular weight is 340 g/mol. The Bertz CT molecular complexity index is 812. The summed E-state index contributed by atoms with van der Waals surface area (Å²) in [6.07, 6.45) is 6.51. The second-order valence-corrected chi connectivity index (χ2v) is 6.97. The fourth-order valence-electron chi connectivity index (χ4n) is 4.17. The third-order valence-electron chi connectivity index (χ3n) is 5.55. The summed E-state index contributed by atoms with van der Waals surface area (Å²) in [6.45, 7) is 1.82. The van der Waals surface area contributed by atoms with Crippen LogP contribution in [0.4, 0.5) is 5.95 Å². The maximum Gasteiger partial charge on any atom is 0.335 e. The van der Waals surface area contributed by atoms with Crippen LogP contribution < -0.4 is 4.90 Å². The third-order valence-corrected chi connectivity index (χ3v) is 5.55. The monoisotopic (exact) mass is 340 g/mol. The van der Waals surface area contributed by atoms with Gasteiger partial charge in [-0.3, -0.25) is 4.98 Å². The number of hydrogen-bond donors (Lipinski definition) is 2. The molecule has 2 N–H and O–H groups in total. The van der Waals surface area contributed by atoms with E-state index in [4.69, 9.17) is 5.11 Å². The molecule has 4 rings (SSSR count). The van der Waals surface area contributed by atoms with Crippen molar-refractivity contribution >= 4 is 11.9 Å². The third kappa shape index (κ3) is 2.74. The van der Waals surface area contributed by atoms with Crippen molar-refractivity contribution < 1.29 is 15.0 Å². The molecular weight excluding hydrogens is 320 g/mol. The van der Waals surface area contributed by atoms with Gasteiger partial charge in [-0.2, -0.15) is 0 Å². The molecule has 0 bridgehead atoms. The molecule has 0 spiro atoms. The zero-order valence-electron chi connectivity index (χ0n) is 13.8. The molecule has 1 aliphatic carbocycles. The Kier molecular flexibility index (Phi) is 3.88. The molecular formula is C18H20N4O3. The number of pyridine rings is 1. The lowest BCUT2D eigenvalue weighted by molar-refractivity contribution is 0.0697. The molecule has 0 unspecified atom stereocenters. The van der Waals surface area contributed by atoms with Gasteiger partial charge in [0.1, 0.15) is 0 Å². The number of rotatable bonds is 4. The van der Waals surface area contributed by atoms with E-state index < -0.39 is 5.97 Å². The van der Waals surface area contributed by atoms with Gasteiger partial charge in [0.2, 0.25) is 5.95 Å². The van der Waals surface area contributed by atoms with Crippen molar-refractivity contribution in [3.8, 4) is 11.4 Å². The Labute approximate surface area is 145 Å². The van der Waals surface area contributed by atoms with Gasteiger partial charge in [0.15, 0.2) is 0 Å². The van der Waals surface area contributed by atoms with Gasteiger partial charge in [0, 0.05) is 30.9 Å². The maximum absolute atomic E-state index is 11.1. The smallest absolute Gasteiger partial charge is 0.335 e.